The van der Waals surface area contributed by atoms with Gasteiger partial charge < -0.3 is 19.3 Å². The molecule has 2 aromatic rings. The minimum Gasteiger partial charge on any atom is -0.355 e. The van der Waals surface area contributed by atoms with Crippen LogP contribution in [0.25, 0.3) is 0 Å². The fourth-order valence-corrected chi connectivity index (χ4v) is 3.37. The maximum Gasteiger partial charge on any atom is 0.255 e. The van der Waals surface area contributed by atoms with Gasteiger partial charge in [-0.2, -0.15) is 0 Å². The molecule has 1 atom stereocenters. The topological polar surface area (TPSA) is 57.5 Å². The summed E-state index contributed by atoms with van der Waals surface area (Å²) >= 11 is 0. The molecule has 1 aliphatic heterocycles. The van der Waals surface area contributed by atoms with Gasteiger partial charge in [0.05, 0.1) is 12.1 Å². The van der Waals surface area contributed by atoms with E-state index >= 15 is 0 Å². The van der Waals surface area contributed by atoms with E-state index < -0.39 is 0 Å². The number of aryl methyl sites for hydroxylation is 1. The summed E-state index contributed by atoms with van der Waals surface area (Å²) < 4.78 is 1.94. The Bertz CT molecular complexity index is 741. The summed E-state index contributed by atoms with van der Waals surface area (Å²) in [6.45, 7) is 5.26. The third kappa shape index (κ3) is 3.88. The molecule has 1 saturated heterocycles. The molecule has 140 valence electrons. The zero-order valence-corrected chi connectivity index (χ0v) is 16.1. The fraction of sp³-hybridized carbons (Fsp3) is 0.526. The number of likely N-dealkylation sites (tertiary alicyclic amines) is 1. The van der Waals surface area contributed by atoms with Crippen LogP contribution in [-0.2, 0) is 13.6 Å². The number of nitrogens with zero attached hydrogens (tertiary/aromatic N) is 6. The molecular weight excluding hydrogens is 328 g/mol. The summed E-state index contributed by atoms with van der Waals surface area (Å²) in [7, 11) is 6.16. The molecule has 1 aliphatic rings. The second-order valence-corrected chi connectivity index (χ2v) is 6.99. The number of aromatic nitrogens is 3. The summed E-state index contributed by atoms with van der Waals surface area (Å²) in [5.74, 6) is 1.77. The summed E-state index contributed by atoms with van der Waals surface area (Å²) in [4.78, 5) is 28.0. The molecular formula is C19H28N6O. The standard InChI is InChI=1S/C19H28N6O/c1-5-25(14-18-20-9-11-23(18)3)19(26)15-6-7-17(21-12-15)24(4)16-8-10-22(2)13-16/h6-7,9,11-12,16H,5,8,10,13-14H2,1-4H3. The summed E-state index contributed by atoms with van der Waals surface area (Å²) in [6.07, 6.45) is 6.47. The largest absolute Gasteiger partial charge is 0.355 e. The molecule has 1 amide bonds. The number of carbonyl (C=O) groups excluding carboxylic acids is 1. The first-order valence-electron chi connectivity index (χ1n) is 9.12. The van der Waals surface area contributed by atoms with E-state index in [4.69, 9.17) is 0 Å². The highest BCUT2D eigenvalue weighted by Crippen LogP contribution is 2.19. The van der Waals surface area contributed by atoms with Crippen LogP contribution in [0.2, 0.25) is 0 Å². The molecule has 0 aromatic carbocycles. The van der Waals surface area contributed by atoms with Crippen LogP contribution >= 0.6 is 0 Å². The molecule has 0 N–H and O–H groups in total. The van der Waals surface area contributed by atoms with E-state index in [-0.39, 0.29) is 5.91 Å². The van der Waals surface area contributed by atoms with Crippen molar-refractivity contribution in [1.29, 1.82) is 0 Å². The van der Waals surface area contributed by atoms with Crippen LogP contribution in [0.15, 0.2) is 30.7 Å². The van der Waals surface area contributed by atoms with Gasteiger partial charge in [0, 0.05) is 51.8 Å². The van der Waals surface area contributed by atoms with Crippen LogP contribution in [0.1, 0.15) is 29.5 Å². The molecule has 26 heavy (non-hydrogen) atoms. The molecule has 0 saturated carbocycles. The SMILES string of the molecule is CCN(Cc1nccn1C)C(=O)c1ccc(N(C)C2CCN(C)C2)nc1. The third-order valence-electron chi connectivity index (χ3n) is 5.19. The molecule has 0 radical (unpaired) electrons. The van der Waals surface area contributed by atoms with Gasteiger partial charge in [0.25, 0.3) is 5.91 Å². The lowest BCUT2D eigenvalue weighted by Gasteiger charge is -2.26. The Balaban J connectivity index is 1.68. The Morgan fingerprint density at radius 2 is 2.12 bits per heavy atom. The predicted molar refractivity (Wildman–Crippen MR) is 102 cm³/mol. The second kappa shape index (κ2) is 7.86. The van der Waals surface area contributed by atoms with Crippen LogP contribution in [0, 0.1) is 0 Å². The molecule has 0 aliphatic carbocycles. The minimum absolute atomic E-state index is 0.0159. The van der Waals surface area contributed by atoms with Crippen molar-refractivity contribution >= 4 is 11.7 Å². The second-order valence-electron chi connectivity index (χ2n) is 6.99. The highest BCUT2D eigenvalue weighted by molar-refractivity contribution is 5.94. The molecule has 0 bridgehead atoms. The van der Waals surface area contributed by atoms with Crippen LogP contribution in [0.5, 0.6) is 0 Å². The number of likely N-dealkylation sites (N-methyl/N-ethyl adjacent to an activating group) is 2. The van der Waals surface area contributed by atoms with Crippen molar-refractivity contribution in [3.8, 4) is 0 Å². The van der Waals surface area contributed by atoms with Crippen LogP contribution in [0.3, 0.4) is 0 Å². The molecule has 3 rings (SSSR count). The zero-order valence-electron chi connectivity index (χ0n) is 16.1. The van der Waals surface area contributed by atoms with Crippen LogP contribution < -0.4 is 4.90 Å². The highest BCUT2D eigenvalue weighted by atomic mass is 16.2. The molecule has 7 nitrogen and oxygen atoms in total. The number of carbonyl (C=O) groups is 1. The summed E-state index contributed by atoms with van der Waals surface area (Å²) in [5, 5.41) is 0. The Morgan fingerprint density at radius 3 is 2.65 bits per heavy atom. The maximum atomic E-state index is 12.8. The van der Waals surface area contributed by atoms with Crippen LogP contribution in [0.4, 0.5) is 5.82 Å². The van der Waals surface area contributed by atoms with Gasteiger partial charge in [0.1, 0.15) is 11.6 Å². The monoisotopic (exact) mass is 356 g/mol. The first-order chi connectivity index (χ1) is 12.5. The molecule has 3 heterocycles. The van der Waals surface area contributed by atoms with Gasteiger partial charge in [-0.1, -0.05) is 0 Å². The zero-order chi connectivity index (χ0) is 18.7. The fourth-order valence-electron chi connectivity index (χ4n) is 3.37. The molecule has 0 spiro atoms. The lowest BCUT2D eigenvalue weighted by molar-refractivity contribution is 0.0747. The molecule has 7 heteroatoms. The Hall–Kier alpha value is -2.41. The van der Waals surface area contributed by atoms with Gasteiger partial charge in [-0.05, 0) is 39.1 Å². The van der Waals surface area contributed by atoms with Gasteiger partial charge in [0.15, 0.2) is 0 Å². The number of amides is 1. The van der Waals surface area contributed by atoms with Crippen molar-refractivity contribution in [2.45, 2.75) is 25.9 Å². The average Bonchev–Trinajstić information content (AvgIpc) is 3.27. The average molecular weight is 356 g/mol. The molecule has 1 unspecified atom stereocenters. The van der Waals surface area contributed by atoms with E-state index in [0.29, 0.717) is 24.7 Å². The predicted octanol–water partition coefficient (Wildman–Crippen LogP) is 1.62. The van der Waals surface area contributed by atoms with Crippen LogP contribution in [-0.4, -0.2) is 70.0 Å². The number of anilines is 1. The van der Waals surface area contributed by atoms with E-state index in [9.17, 15) is 4.79 Å². The number of imidazole rings is 1. The van der Waals surface area contributed by atoms with E-state index in [0.717, 1.165) is 31.2 Å². The normalized spacial score (nSPS) is 17.5. The first-order valence-corrected chi connectivity index (χ1v) is 9.12. The van der Waals surface area contributed by atoms with E-state index in [1.165, 1.54) is 0 Å². The lowest BCUT2D eigenvalue weighted by atomic mass is 10.2. The van der Waals surface area contributed by atoms with Crippen molar-refractivity contribution in [3.63, 3.8) is 0 Å². The molecule has 1 fully saturated rings. The molecule has 2 aromatic heterocycles. The Labute approximate surface area is 155 Å². The minimum atomic E-state index is -0.0159. The number of rotatable bonds is 6. The van der Waals surface area contributed by atoms with Gasteiger partial charge in [-0.3, -0.25) is 4.79 Å². The number of pyridine rings is 1. The van der Waals surface area contributed by atoms with Crippen molar-refractivity contribution in [1.82, 2.24) is 24.3 Å². The summed E-state index contributed by atoms with van der Waals surface area (Å²) in [5.41, 5.74) is 0.613. The van der Waals surface area contributed by atoms with Gasteiger partial charge in [0.2, 0.25) is 0 Å². The Morgan fingerprint density at radius 1 is 1.31 bits per heavy atom. The summed E-state index contributed by atoms with van der Waals surface area (Å²) in [6, 6.07) is 4.30. The lowest BCUT2D eigenvalue weighted by Crippen LogP contribution is -2.34. The van der Waals surface area contributed by atoms with Crippen molar-refractivity contribution in [2.24, 2.45) is 7.05 Å². The highest BCUT2D eigenvalue weighted by Gasteiger charge is 2.24. The van der Waals surface area contributed by atoms with Gasteiger partial charge in [-0.15, -0.1) is 0 Å². The Kier molecular flexibility index (Phi) is 5.56. The number of hydrogen-bond donors (Lipinski definition) is 0. The quantitative estimate of drug-likeness (QED) is 0.787. The van der Waals surface area contributed by atoms with Crippen molar-refractivity contribution < 1.29 is 4.79 Å². The van der Waals surface area contributed by atoms with E-state index in [1.807, 2.05) is 36.9 Å². The van der Waals surface area contributed by atoms with Crippen molar-refractivity contribution in [3.05, 3.63) is 42.1 Å². The van der Waals surface area contributed by atoms with E-state index in [2.05, 4.69) is 33.9 Å². The van der Waals surface area contributed by atoms with Gasteiger partial charge in [-0.25, -0.2) is 9.97 Å². The maximum absolute atomic E-state index is 12.8. The smallest absolute Gasteiger partial charge is 0.255 e. The van der Waals surface area contributed by atoms with E-state index in [1.54, 1.807) is 17.3 Å². The number of hydrogen-bond acceptors (Lipinski definition) is 5. The van der Waals surface area contributed by atoms with Crippen molar-refractivity contribution in [2.75, 3.05) is 38.6 Å². The first kappa shape index (κ1) is 18.4. The third-order valence-corrected chi connectivity index (χ3v) is 5.19. The van der Waals surface area contributed by atoms with Gasteiger partial charge >= 0.3 is 0 Å².